The SMILES string of the molecule is C=C[Si](C)(O[Si](C)(C)C)O[Si](OC)(c1ccccc1)c1ccccc1. The largest absolute Gasteiger partial charge is 0.434 e. The zero-order valence-corrected chi connectivity index (χ0v) is 18.8. The Kier molecular flexibility index (Phi) is 6.36. The van der Waals surface area contributed by atoms with Gasteiger partial charge in [-0.05, 0) is 36.6 Å². The molecule has 1 unspecified atom stereocenters. The summed E-state index contributed by atoms with van der Waals surface area (Å²) in [6, 6.07) is 20.4. The molecule has 3 nitrogen and oxygen atoms in total. The maximum atomic E-state index is 6.82. The van der Waals surface area contributed by atoms with Gasteiger partial charge >= 0.3 is 17.1 Å². The van der Waals surface area contributed by atoms with E-state index in [0.717, 1.165) is 10.4 Å². The van der Waals surface area contributed by atoms with Crippen molar-refractivity contribution in [2.24, 2.45) is 0 Å². The third-order valence-electron chi connectivity index (χ3n) is 3.82. The molecule has 2 aromatic carbocycles. The summed E-state index contributed by atoms with van der Waals surface area (Å²) < 4.78 is 19.5. The Morgan fingerprint density at radius 1 is 0.760 bits per heavy atom. The molecule has 0 aliphatic rings. The van der Waals surface area contributed by atoms with E-state index in [2.05, 4.69) is 57.0 Å². The Morgan fingerprint density at radius 2 is 1.20 bits per heavy atom. The van der Waals surface area contributed by atoms with Gasteiger partial charge in [-0.1, -0.05) is 66.4 Å². The quantitative estimate of drug-likeness (QED) is 0.647. The molecule has 134 valence electrons. The summed E-state index contributed by atoms with van der Waals surface area (Å²) in [6.45, 7) is 12.6. The van der Waals surface area contributed by atoms with Crippen molar-refractivity contribution < 1.29 is 12.7 Å². The van der Waals surface area contributed by atoms with E-state index in [0.29, 0.717) is 0 Å². The van der Waals surface area contributed by atoms with E-state index in [4.69, 9.17) is 12.7 Å². The third-order valence-corrected chi connectivity index (χ3v) is 14.2. The van der Waals surface area contributed by atoms with Crippen molar-refractivity contribution in [3.63, 3.8) is 0 Å². The second-order valence-corrected chi connectivity index (χ2v) is 18.2. The molecule has 0 aliphatic carbocycles. The van der Waals surface area contributed by atoms with Gasteiger partial charge in [-0.15, -0.1) is 6.58 Å². The minimum atomic E-state index is -2.89. The van der Waals surface area contributed by atoms with Gasteiger partial charge in [-0.25, -0.2) is 0 Å². The van der Waals surface area contributed by atoms with Gasteiger partial charge in [0.05, 0.1) is 0 Å². The maximum Gasteiger partial charge on any atom is 0.398 e. The van der Waals surface area contributed by atoms with Crippen molar-refractivity contribution in [3.05, 3.63) is 72.9 Å². The second-order valence-electron chi connectivity index (χ2n) is 7.09. The first kappa shape index (κ1) is 20.0. The average Bonchev–Trinajstić information content (AvgIpc) is 2.60. The van der Waals surface area contributed by atoms with Crippen LogP contribution in [0.3, 0.4) is 0 Å². The average molecular weight is 389 g/mol. The highest BCUT2D eigenvalue weighted by atomic mass is 28.5. The zero-order valence-electron chi connectivity index (χ0n) is 15.8. The summed E-state index contributed by atoms with van der Waals surface area (Å²) in [4.78, 5) is 0. The van der Waals surface area contributed by atoms with E-state index in [-0.39, 0.29) is 0 Å². The van der Waals surface area contributed by atoms with E-state index in [1.807, 2.05) is 42.1 Å². The van der Waals surface area contributed by atoms with Crippen molar-refractivity contribution in [2.45, 2.75) is 26.2 Å². The van der Waals surface area contributed by atoms with E-state index < -0.39 is 25.4 Å². The number of rotatable bonds is 8. The van der Waals surface area contributed by atoms with Gasteiger partial charge < -0.3 is 12.7 Å². The number of hydrogen-bond donors (Lipinski definition) is 0. The molecule has 0 heterocycles. The monoisotopic (exact) mass is 388 g/mol. The molecular formula is C19H28O3Si3. The summed E-state index contributed by atoms with van der Waals surface area (Å²) >= 11 is 0. The topological polar surface area (TPSA) is 27.7 Å². The lowest BCUT2D eigenvalue weighted by atomic mass is 10.4. The molecule has 0 aromatic heterocycles. The van der Waals surface area contributed by atoms with E-state index >= 15 is 0 Å². The van der Waals surface area contributed by atoms with Gasteiger partial charge in [0.1, 0.15) is 0 Å². The Balaban J connectivity index is 2.57. The number of hydrogen-bond acceptors (Lipinski definition) is 3. The van der Waals surface area contributed by atoms with Gasteiger partial charge in [0.25, 0.3) is 0 Å². The molecule has 0 N–H and O–H groups in total. The smallest absolute Gasteiger partial charge is 0.398 e. The highest BCUT2D eigenvalue weighted by molar-refractivity contribution is 6.99. The molecule has 6 heteroatoms. The van der Waals surface area contributed by atoms with Gasteiger partial charge in [0.2, 0.25) is 0 Å². The summed E-state index contributed by atoms with van der Waals surface area (Å²) in [6.07, 6.45) is 0. The Bertz CT molecular complexity index is 647. The van der Waals surface area contributed by atoms with Crippen LogP contribution in [0.1, 0.15) is 0 Å². The Morgan fingerprint density at radius 3 is 1.52 bits per heavy atom. The lowest BCUT2D eigenvalue weighted by Crippen LogP contribution is -2.68. The fourth-order valence-electron chi connectivity index (χ4n) is 2.87. The molecule has 0 amide bonds. The van der Waals surface area contributed by atoms with Crippen molar-refractivity contribution in [1.82, 2.24) is 0 Å². The van der Waals surface area contributed by atoms with Crippen LogP contribution in [0.25, 0.3) is 0 Å². The summed E-state index contributed by atoms with van der Waals surface area (Å²) in [5.74, 6) is 0. The lowest BCUT2D eigenvalue weighted by molar-refractivity contribution is 0.296. The molecule has 25 heavy (non-hydrogen) atoms. The van der Waals surface area contributed by atoms with Crippen molar-refractivity contribution in [1.29, 1.82) is 0 Å². The molecule has 0 aliphatic heterocycles. The third kappa shape index (κ3) is 4.87. The van der Waals surface area contributed by atoms with E-state index in [1.54, 1.807) is 7.11 Å². The van der Waals surface area contributed by atoms with Crippen LogP contribution in [0.2, 0.25) is 26.2 Å². The molecule has 0 spiro atoms. The van der Waals surface area contributed by atoms with Gasteiger partial charge in [0.15, 0.2) is 8.32 Å². The van der Waals surface area contributed by atoms with Crippen LogP contribution < -0.4 is 10.4 Å². The fraction of sp³-hybridized carbons (Fsp3) is 0.263. The summed E-state index contributed by atoms with van der Waals surface area (Å²) in [7, 11) is -5.57. The van der Waals surface area contributed by atoms with Crippen LogP contribution in [-0.2, 0) is 12.7 Å². The van der Waals surface area contributed by atoms with E-state index in [9.17, 15) is 0 Å². The van der Waals surface area contributed by atoms with Crippen LogP contribution in [-0.4, -0.2) is 32.5 Å². The first-order valence-electron chi connectivity index (χ1n) is 8.45. The summed E-state index contributed by atoms with van der Waals surface area (Å²) in [5.41, 5.74) is 1.87. The normalized spacial score (nSPS) is 14.8. The van der Waals surface area contributed by atoms with Gasteiger partial charge in [0, 0.05) is 7.11 Å². The van der Waals surface area contributed by atoms with Gasteiger partial charge in [-0.3, -0.25) is 0 Å². The predicted molar refractivity (Wildman–Crippen MR) is 112 cm³/mol. The molecule has 0 saturated carbocycles. The highest BCUT2D eigenvalue weighted by Gasteiger charge is 2.49. The van der Waals surface area contributed by atoms with Crippen LogP contribution in [0, 0.1) is 0 Å². The van der Waals surface area contributed by atoms with Crippen molar-refractivity contribution in [2.75, 3.05) is 7.11 Å². The van der Waals surface area contributed by atoms with Crippen LogP contribution in [0.5, 0.6) is 0 Å². The van der Waals surface area contributed by atoms with Crippen LogP contribution in [0.4, 0.5) is 0 Å². The molecule has 1 atom stereocenters. The van der Waals surface area contributed by atoms with Gasteiger partial charge in [-0.2, -0.15) is 0 Å². The maximum absolute atomic E-state index is 6.82. The van der Waals surface area contributed by atoms with Crippen LogP contribution >= 0.6 is 0 Å². The predicted octanol–water partition coefficient (Wildman–Crippen LogP) is 3.55. The fourth-order valence-corrected chi connectivity index (χ4v) is 14.6. The molecular weight excluding hydrogens is 360 g/mol. The zero-order chi connectivity index (χ0) is 18.6. The molecule has 0 radical (unpaired) electrons. The Hall–Kier alpha value is -1.29. The Labute approximate surface area is 154 Å². The molecule has 0 fully saturated rings. The van der Waals surface area contributed by atoms with Crippen molar-refractivity contribution in [3.8, 4) is 0 Å². The molecule has 2 rings (SSSR count). The first-order chi connectivity index (χ1) is 11.7. The highest BCUT2D eigenvalue weighted by Crippen LogP contribution is 2.22. The van der Waals surface area contributed by atoms with E-state index in [1.165, 1.54) is 0 Å². The summed E-state index contributed by atoms with van der Waals surface area (Å²) in [5, 5.41) is 2.15. The first-order valence-corrected chi connectivity index (χ1v) is 16.1. The minimum absolute atomic E-state index is 1.07. The van der Waals surface area contributed by atoms with Crippen molar-refractivity contribution >= 4 is 35.8 Å². The molecule has 0 saturated heterocycles. The number of benzene rings is 2. The second kappa shape index (κ2) is 7.94. The van der Waals surface area contributed by atoms with Crippen LogP contribution in [0.15, 0.2) is 72.9 Å². The molecule has 0 bridgehead atoms. The minimum Gasteiger partial charge on any atom is -0.434 e. The molecule has 2 aromatic rings. The lowest BCUT2D eigenvalue weighted by Gasteiger charge is -2.40. The standard InChI is InChI=1S/C19H28O3Si3/c1-7-24(6,21-23(3,4)5)22-25(20-2,18-14-10-8-11-15-18)19-16-12-9-13-17-19/h7-17H,1H2,2-6H3.